The number of hydrogen-bond donors (Lipinski definition) is 2. The Labute approximate surface area is 164 Å². The van der Waals surface area contributed by atoms with Crippen LogP contribution in [0, 0.1) is 0 Å². The van der Waals surface area contributed by atoms with Gasteiger partial charge in [0.25, 0.3) is 0 Å². The highest BCUT2D eigenvalue weighted by molar-refractivity contribution is 6.05. The van der Waals surface area contributed by atoms with Gasteiger partial charge < -0.3 is 19.5 Å². The Morgan fingerprint density at radius 1 is 0.828 bits per heavy atom. The van der Waals surface area contributed by atoms with Gasteiger partial charge in [0.15, 0.2) is 0 Å². The number of nitrogens with one attached hydrogen (secondary N) is 2. The summed E-state index contributed by atoms with van der Waals surface area (Å²) in [5, 5.41) is 7.95. The third-order valence-electron chi connectivity index (χ3n) is 4.33. The van der Waals surface area contributed by atoms with Crippen LogP contribution in [0.3, 0.4) is 0 Å². The summed E-state index contributed by atoms with van der Waals surface area (Å²) in [6.07, 6.45) is 9.62. The Balaban J connectivity index is 1.77. The second kappa shape index (κ2) is 7.04. The number of hydrogen-bond acceptors (Lipinski definition) is 9. The first-order valence-corrected chi connectivity index (χ1v) is 8.83. The minimum atomic E-state index is 0.368. The van der Waals surface area contributed by atoms with Gasteiger partial charge in [0, 0.05) is 30.2 Å². The highest BCUT2D eigenvalue weighted by Gasteiger charge is 2.22. The first kappa shape index (κ1) is 16.9. The summed E-state index contributed by atoms with van der Waals surface area (Å²) in [7, 11) is 1.80. The maximum Gasteiger partial charge on any atom is 0.245 e. The van der Waals surface area contributed by atoms with Crippen LogP contribution >= 0.6 is 0 Å². The van der Waals surface area contributed by atoms with Crippen LogP contribution in [0.25, 0.3) is 33.8 Å². The standard InChI is InChI=1S/C20H15N7O2/c1-21-18-13-11-25-15(26-14-4-2-3-5-22-14)10-12(13)16(19-23-6-8-28-19)17(27-18)20-24-7-9-29-20/h2-11H,1H3,(H,21,27)(H,22,25,26). The molecule has 0 aromatic carbocycles. The molecule has 5 aromatic heterocycles. The van der Waals surface area contributed by atoms with Gasteiger partial charge in [-0.1, -0.05) is 6.07 Å². The summed E-state index contributed by atoms with van der Waals surface area (Å²) < 4.78 is 11.1. The summed E-state index contributed by atoms with van der Waals surface area (Å²) in [5.74, 6) is 2.73. The van der Waals surface area contributed by atoms with Crippen LogP contribution in [0.2, 0.25) is 0 Å². The molecule has 5 aromatic rings. The zero-order valence-electron chi connectivity index (χ0n) is 15.3. The maximum atomic E-state index is 5.60. The zero-order valence-corrected chi connectivity index (χ0v) is 15.3. The topological polar surface area (TPSA) is 115 Å². The molecule has 5 rings (SSSR count). The summed E-state index contributed by atoms with van der Waals surface area (Å²) in [6.45, 7) is 0. The second-order valence-electron chi connectivity index (χ2n) is 6.06. The molecule has 29 heavy (non-hydrogen) atoms. The number of nitrogens with zero attached hydrogens (tertiary/aromatic N) is 5. The van der Waals surface area contributed by atoms with Gasteiger partial charge in [-0.15, -0.1) is 0 Å². The quantitative estimate of drug-likeness (QED) is 0.461. The molecular formula is C20H15N7O2. The Kier molecular flexibility index (Phi) is 4.10. The minimum absolute atomic E-state index is 0.368. The molecule has 0 aliphatic rings. The van der Waals surface area contributed by atoms with E-state index in [-0.39, 0.29) is 0 Å². The number of oxazole rings is 2. The lowest BCUT2D eigenvalue weighted by molar-refractivity contribution is 0.566. The van der Waals surface area contributed by atoms with Crippen molar-refractivity contribution in [2.75, 3.05) is 17.7 Å². The molecule has 0 aliphatic heterocycles. The molecule has 0 bridgehead atoms. The van der Waals surface area contributed by atoms with Gasteiger partial charge in [0.05, 0.1) is 18.0 Å². The minimum Gasteiger partial charge on any atom is -0.444 e. The Morgan fingerprint density at radius 3 is 2.34 bits per heavy atom. The van der Waals surface area contributed by atoms with Crippen LogP contribution in [0.15, 0.2) is 70.4 Å². The molecule has 2 N–H and O–H groups in total. The molecular weight excluding hydrogens is 370 g/mol. The van der Waals surface area contributed by atoms with E-state index in [2.05, 4.69) is 30.6 Å². The molecule has 0 saturated heterocycles. The van der Waals surface area contributed by atoms with E-state index < -0.39 is 0 Å². The van der Waals surface area contributed by atoms with Gasteiger partial charge in [-0.05, 0) is 18.2 Å². The molecule has 5 heterocycles. The van der Waals surface area contributed by atoms with E-state index in [9.17, 15) is 0 Å². The van der Waals surface area contributed by atoms with E-state index in [1.807, 2.05) is 24.3 Å². The summed E-state index contributed by atoms with van der Waals surface area (Å²) in [5.41, 5.74) is 1.18. The van der Waals surface area contributed by atoms with Crippen molar-refractivity contribution in [2.24, 2.45) is 0 Å². The maximum absolute atomic E-state index is 5.60. The summed E-state index contributed by atoms with van der Waals surface area (Å²) in [4.78, 5) is 22.1. The van der Waals surface area contributed by atoms with E-state index >= 15 is 0 Å². The van der Waals surface area contributed by atoms with Crippen LogP contribution in [-0.2, 0) is 0 Å². The number of aromatic nitrogens is 5. The van der Waals surface area contributed by atoms with Crippen LogP contribution < -0.4 is 10.6 Å². The Bertz CT molecular complexity index is 1250. The molecule has 0 spiro atoms. The van der Waals surface area contributed by atoms with Crippen molar-refractivity contribution < 1.29 is 8.83 Å². The molecule has 0 unspecified atom stereocenters. The molecule has 0 aliphatic carbocycles. The van der Waals surface area contributed by atoms with Crippen molar-refractivity contribution in [2.45, 2.75) is 0 Å². The second-order valence-corrected chi connectivity index (χ2v) is 6.06. The van der Waals surface area contributed by atoms with E-state index in [0.29, 0.717) is 40.5 Å². The van der Waals surface area contributed by atoms with Gasteiger partial charge in [-0.3, -0.25) is 0 Å². The summed E-state index contributed by atoms with van der Waals surface area (Å²) >= 11 is 0. The lowest BCUT2D eigenvalue weighted by atomic mass is 10.0. The molecule has 142 valence electrons. The number of fused-ring (bicyclic) bond motifs is 1. The smallest absolute Gasteiger partial charge is 0.245 e. The van der Waals surface area contributed by atoms with E-state index in [1.165, 1.54) is 12.5 Å². The van der Waals surface area contributed by atoms with Gasteiger partial charge >= 0.3 is 0 Å². The fraction of sp³-hybridized carbons (Fsp3) is 0.0500. The Hall–Kier alpha value is -4.27. The molecule has 0 amide bonds. The van der Waals surface area contributed by atoms with Gasteiger partial charge in [0.1, 0.15) is 35.7 Å². The van der Waals surface area contributed by atoms with Crippen molar-refractivity contribution in [1.29, 1.82) is 0 Å². The highest BCUT2D eigenvalue weighted by atomic mass is 16.3. The molecule has 0 fully saturated rings. The largest absolute Gasteiger partial charge is 0.444 e. The van der Waals surface area contributed by atoms with Crippen molar-refractivity contribution in [3.8, 4) is 23.0 Å². The van der Waals surface area contributed by atoms with E-state index in [0.717, 1.165) is 10.8 Å². The molecule has 0 saturated carbocycles. The van der Waals surface area contributed by atoms with Crippen LogP contribution in [0.1, 0.15) is 0 Å². The molecule has 9 heteroatoms. The third kappa shape index (κ3) is 3.04. The monoisotopic (exact) mass is 385 g/mol. The predicted octanol–water partition coefficient (Wildman–Crippen LogP) is 4.12. The lowest BCUT2D eigenvalue weighted by Gasteiger charge is -2.13. The normalized spacial score (nSPS) is 10.9. The van der Waals surface area contributed by atoms with E-state index in [4.69, 9.17) is 13.8 Å². The SMILES string of the molecule is CNc1nc(-c2ncco2)c(-c2ncco2)c2cc(Nc3ccccn3)ncc12. The first-order chi connectivity index (χ1) is 14.3. The van der Waals surface area contributed by atoms with Crippen molar-refractivity contribution in [3.63, 3.8) is 0 Å². The first-order valence-electron chi connectivity index (χ1n) is 8.83. The van der Waals surface area contributed by atoms with E-state index in [1.54, 1.807) is 31.8 Å². The lowest BCUT2D eigenvalue weighted by Crippen LogP contribution is -2.01. The average molecular weight is 385 g/mol. The highest BCUT2D eigenvalue weighted by Crippen LogP contribution is 2.39. The number of rotatable bonds is 5. The predicted molar refractivity (Wildman–Crippen MR) is 108 cm³/mol. The zero-order chi connectivity index (χ0) is 19.6. The molecule has 9 nitrogen and oxygen atoms in total. The van der Waals surface area contributed by atoms with Gasteiger partial charge in [-0.2, -0.15) is 0 Å². The summed E-state index contributed by atoms with van der Waals surface area (Å²) in [6, 6.07) is 7.52. The fourth-order valence-corrected chi connectivity index (χ4v) is 3.09. The third-order valence-corrected chi connectivity index (χ3v) is 4.33. The van der Waals surface area contributed by atoms with Crippen molar-refractivity contribution >= 4 is 28.2 Å². The average Bonchev–Trinajstić information content (AvgIpc) is 3.47. The van der Waals surface area contributed by atoms with Crippen molar-refractivity contribution in [1.82, 2.24) is 24.9 Å². The van der Waals surface area contributed by atoms with Crippen LogP contribution in [0.4, 0.5) is 17.5 Å². The van der Waals surface area contributed by atoms with Crippen molar-refractivity contribution in [3.05, 3.63) is 61.6 Å². The number of pyridine rings is 3. The van der Waals surface area contributed by atoms with Crippen LogP contribution in [-0.4, -0.2) is 32.0 Å². The van der Waals surface area contributed by atoms with Gasteiger partial charge in [-0.25, -0.2) is 24.9 Å². The molecule has 0 atom stereocenters. The van der Waals surface area contributed by atoms with Gasteiger partial charge in [0.2, 0.25) is 11.8 Å². The van der Waals surface area contributed by atoms with Crippen LogP contribution in [0.5, 0.6) is 0 Å². The number of anilines is 3. The molecule has 0 radical (unpaired) electrons. The Morgan fingerprint density at radius 2 is 1.66 bits per heavy atom. The fourth-order valence-electron chi connectivity index (χ4n) is 3.09.